The monoisotopic (exact) mass is 401 g/mol. The predicted octanol–water partition coefficient (Wildman–Crippen LogP) is 4.97. The number of carbonyl (C=O) groups excluding carboxylic acids is 1. The lowest BCUT2D eigenvalue weighted by Gasteiger charge is -2.17. The maximum absolute atomic E-state index is 13.8. The van der Waals surface area contributed by atoms with Gasteiger partial charge in [0.15, 0.2) is 0 Å². The van der Waals surface area contributed by atoms with E-state index in [1.807, 2.05) is 30.3 Å². The van der Waals surface area contributed by atoms with Crippen LogP contribution in [-0.4, -0.2) is 15.9 Å². The standard InChI is InChI=1S/C21H15F4N3O/c22-17-9-15(8-16(10-17)21(23,24)25)20(6-7-20)18(29)28-19-26-11-14(12-27-19)13-4-2-1-3-5-13/h1-5,8-12H,6-7H2,(H,26,27,28,29). The first-order valence-corrected chi connectivity index (χ1v) is 8.85. The Balaban J connectivity index is 1.55. The average molecular weight is 401 g/mol. The SMILES string of the molecule is O=C(Nc1ncc(-c2ccccc2)cn1)C1(c2cc(F)cc(C(F)(F)F)c2)CC1. The summed E-state index contributed by atoms with van der Waals surface area (Å²) >= 11 is 0. The molecule has 148 valence electrons. The number of alkyl halides is 3. The van der Waals surface area contributed by atoms with Crippen LogP contribution >= 0.6 is 0 Å². The first-order valence-electron chi connectivity index (χ1n) is 8.85. The summed E-state index contributed by atoms with van der Waals surface area (Å²) in [5.74, 6) is -1.55. The smallest absolute Gasteiger partial charge is 0.294 e. The summed E-state index contributed by atoms with van der Waals surface area (Å²) < 4.78 is 52.7. The lowest BCUT2D eigenvalue weighted by molar-refractivity contribution is -0.138. The third-order valence-electron chi connectivity index (χ3n) is 4.95. The number of hydrogen-bond donors (Lipinski definition) is 1. The Morgan fingerprint density at radius 2 is 1.62 bits per heavy atom. The first-order chi connectivity index (χ1) is 13.8. The highest BCUT2D eigenvalue weighted by atomic mass is 19.4. The minimum Gasteiger partial charge on any atom is -0.294 e. The number of rotatable bonds is 4. The molecular formula is C21H15F4N3O. The normalized spacial score (nSPS) is 15.0. The van der Waals surface area contributed by atoms with Crippen LogP contribution in [0, 0.1) is 5.82 Å². The van der Waals surface area contributed by atoms with E-state index in [0.29, 0.717) is 18.9 Å². The molecule has 0 bridgehead atoms. The molecule has 1 aliphatic carbocycles. The second-order valence-electron chi connectivity index (χ2n) is 6.92. The summed E-state index contributed by atoms with van der Waals surface area (Å²) in [4.78, 5) is 20.9. The third-order valence-corrected chi connectivity index (χ3v) is 4.95. The molecule has 8 heteroatoms. The van der Waals surface area contributed by atoms with Crippen LogP contribution in [0.15, 0.2) is 60.9 Å². The van der Waals surface area contributed by atoms with Gasteiger partial charge in [-0.1, -0.05) is 30.3 Å². The molecule has 1 aliphatic rings. The molecule has 1 heterocycles. The summed E-state index contributed by atoms with van der Waals surface area (Å²) in [6.07, 6.45) is -0.966. The van der Waals surface area contributed by atoms with Gasteiger partial charge in [-0.3, -0.25) is 10.1 Å². The van der Waals surface area contributed by atoms with Crippen molar-refractivity contribution >= 4 is 11.9 Å². The highest BCUT2D eigenvalue weighted by molar-refractivity contribution is 6.00. The van der Waals surface area contributed by atoms with E-state index in [-0.39, 0.29) is 11.5 Å². The summed E-state index contributed by atoms with van der Waals surface area (Å²) in [6, 6.07) is 11.6. The van der Waals surface area contributed by atoms with Gasteiger partial charge in [0, 0.05) is 18.0 Å². The van der Waals surface area contributed by atoms with E-state index in [1.165, 1.54) is 0 Å². The Hall–Kier alpha value is -3.29. The minimum atomic E-state index is -4.69. The number of amides is 1. The van der Waals surface area contributed by atoms with Gasteiger partial charge in [-0.05, 0) is 42.2 Å². The van der Waals surface area contributed by atoms with Crippen LogP contribution in [0.3, 0.4) is 0 Å². The van der Waals surface area contributed by atoms with E-state index in [1.54, 1.807) is 12.4 Å². The van der Waals surface area contributed by atoms with Crippen LogP contribution in [0.4, 0.5) is 23.5 Å². The number of nitrogens with zero attached hydrogens (tertiary/aromatic N) is 2. The molecule has 0 aliphatic heterocycles. The fraction of sp³-hybridized carbons (Fsp3) is 0.190. The quantitative estimate of drug-likeness (QED) is 0.628. The topological polar surface area (TPSA) is 54.9 Å². The van der Waals surface area contributed by atoms with Gasteiger partial charge in [-0.25, -0.2) is 14.4 Å². The zero-order valence-corrected chi connectivity index (χ0v) is 15.0. The number of anilines is 1. The van der Waals surface area contributed by atoms with Gasteiger partial charge in [-0.15, -0.1) is 0 Å². The molecule has 29 heavy (non-hydrogen) atoms. The zero-order valence-electron chi connectivity index (χ0n) is 15.0. The second-order valence-corrected chi connectivity index (χ2v) is 6.92. The molecule has 4 rings (SSSR count). The van der Waals surface area contributed by atoms with Crippen molar-refractivity contribution in [2.45, 2.75) is 24.4 Å². The molecule has 1 aromatic heterocycles. The van der Waals surface area contributed by atoms with Crippen LogP contribution in [0.25, 0.3) is 11.1 Å². The first kappa shape index (κ1) is 19.0. The number of carbonyl (C=O) groups is 1. The Bertz CT molecular complexity index is 1050. The van der Waals surface area contributed by atoms with Crippen molar-refractivity contribution in [2.24, 2.45) is 0 Å². The summed E-state index contributed by atoms with van der Waals surface area (Å²) in [6.45, 7) is 0. The van der Waals surface area contributed by atoms with Crippen LogP contribution in [0.1, 0.15) is 24.0 Å². The molecule has 0 atom stereocenters. The highest BCUT2D eigenvalue weighted by Gasteiger charge is 2.52. The highest BCUT2D eigenvalue weighted by Crippen LogP contribution is 2.50. The number of aromatic nitrogens is 2. The van der Waals surface area contributed by atoms with Gasteiger partial charge >= 0.3 is 6.18 Å². The van der Waals surface area contributed by atoms with Crippen molar-refractivity contribution in [1.82, 2.24) is 9.97 Å². The second kappa shape index (κ2) is 6.95. The molecule has 1 N–H and O–H groups in total. The molecule has 1 fully saturated rings. The van der Waals surface area contributed by atoms with Gasteiger partial charge in [-0.2, -0.15) is 13.2 Å². The van der Waals surface area contributed by atoms with Crippen molar-refractivity contribution in [3.8, 4) is 11.1 Å². The van der Waals surface area contributed by atoms with Crippen molar-refractivity contribution in [2.75, 3.05) is 5.32 Å². The lowest BCUT2D eigenvalue weighted by atomic mass is 9.93. The molecule has 0 saturated heterocycles. The molecule has 4 nitrogen and oxygen atoms in total. The van der Waals surface area contributed by atoms with Crippen LogP contribution in [0.5, 0.6) is 0 Å². The van der Waals surface area contributed by atoms with Crippen molar-refractivity contribution in [1.29, 1.82) is 0 Å². The largest absolute Gasteiger partial charge is 0.416 e. The lowest BCUT2D eigenvalue weighted by Crippen LogP contribution is -2.29. The summed E-state index contributed by atoms with van der Waals surface area (Å²) in [5.41, 5.74) is -0.657. The molecule has 0 spiro atoms. The molecule has 2 aromatic carbocycles. The maximum atomic E-state index is 13.8. The number of hydrogen-bond acceptors (Lipinski definition) is 3. The van der Waals surface area contributed by atoms with Crippen molar-refractivity contribution in [3.05, 3.63) is 77.9 Å². The maximum Gasteiger partial charge on any atom is 0.416 e. The average Bonchev–Trinajstić information content (AvgIpc) is 3.50. The molecule has 3 aromatic rings. The molecule has 0 unspecified atom stereocenters. The summed E-state index contributed by atoms with van der Waals surface area (Å²) in [7, 11) is 0. The Morgan fingerprint density at radius 1 is 0.966 bits per heavy atom. The predicted molar refractivity (Wildman–Crippen MR) is 98.4 cm³/mol. The van der Waals surface area contributed by atoms with Crippen LogP contribution in [-0.2, 0) is 16.4 Å². The Kier molecular flexibility index (Phi) is 4.56. The van der Waals surface area contributed by atoms with Gasteiger partial charge < -0.3 is 0 Å². The number of nitrogens with one attached hydrogen (secondary N) is 1. The molecular weight excluding hydrogens is 386 g/mol. The fourth-order valence-electron chi connectivity index (χ4n) is 3.19. The number of benzene rings is 2. The third kappa shape index (κ3) is 3.83. The van der Waals surface area contributed by atoms with E-state index < -0.39 is 28.9 Å². The Labute approximate surface area is 163 Å². The molecule has 0 radical (unpaired) electrons. The molecule has 1 amide bonds. The van der Waals surface area contributed by atoms with E-state index >= 15 is 0 Å². The van der Waals surface area contributed by atoms with Crippen LogP contribution < -0.4 is 5.32 Å². The zero-order chi connectivity index (χ0) is 20.6. The van der Waals surface area contributed by atoms with Crippen LogP contribution in [0.2, 0.25) is 0 Å². The number of halogens is 4. The van der Waals surface area contributed by atoms with E-state index in [9.17, 15) is 22.4 Å². The minimum absolute atomic E-state index is 0.00299. The van der Waals surface area contributed by atoms with Crippen molar-refractivity contribution < 1.29 is 22.4 Å². The van der Waals surface area contributed by atoms with Gasteiger partial charge in [0.2, 0.25) is 11.9 Å². The van der Waals surface area contributed by atoms with E-state index in [0.717, 1.165) is 23.3 Å². The van der Waals surface area contributed by atoms with Gasteiger partial charge in [0.05, 0.1) is 11.0 Å². The van der Waals surface area contributed by atoms with E-state index in [4.69, 9.17) is 0 Å². The van der Waals surface area contributed by atoms with E-state index in [2.05, 4.69) is 15.3 Å². The van der Waals surface area contributed by atoms with Gasteiger partial charge in [0.1, 0.15) is 5.82 Å². The van der Waals surface area contributed by atoms with Crippen molar-refractivity contribution in [3.63, 3.8) is 0 Å². The summed E-state index contributed by atoms with van der Waals surface area (Å²) in [5, 5.41) is 2.53. The fourth-order valence-corrected chi connectivity index (χ4v) is 3.19. The van der Waals surface area contributed by atoms with Gasteiger partial charge in [0.25, 0.3) is 0 Å². The Morgan fingerprint density at radius 3 is 2.21 bits per heavy atom. The molecule has 1 saturated carbocycles.